The normalized spacial score (nSPS) is 21.9. The highest BCUT2D eigenvalue weighted by Gasteiger charge is 2.41. The van der Waals surface area contributed by atoms with E-state index in [-0.39, 0.29) is 11.2 Å². The maximum absolute atomic E-state index is 12.8. The molecule has 0 radical (unpaired) electrons. The summed E-state index contributed by atoms with van der Waals surface area (Å²) in [7, 11) is -3.49. The van der Waals surface area contributed by atoms with Gasteiger partial charge in [0.2, 0.25) is 10.0 Å². The number of aryl methyl sites for hydroxylation is 1. The van der Waals surface area contributed by atoms with Crippen LogP contribution < -0.4 is 0 Å². The summed E-state index contributed by atoms with van der Waals surface area (Å²) >= 11 is 1.44. The maximum Gasteiger partial charge on any atom is 0.243 e. The van der Waals surface area contributed by atoms with Gasteiger partial charge in [-0.05, 0) is 42.3 Å². The van der Waals surface area contributed by atoms with E-state index in [1.165, 1.54) is 15.6 Å². The van der Waals surface area contributed by atoms with Crippen LogP contribution in [0.15, 0.2) is 46.7 Å². The van der Waals surface area contributed by atoms with Crippen LogP contribution in [0.2, 0.25) is 0 Å². The number of hydrogen-bond donors (Lipinski definition) is 0. The molecule has 2 aromatic rings. The van der Waals surface area contributed by atoms with Crippen LogP contribution in [0.1, 0.15) is 35.0 Å². The smallest absolute Gasteiger partial charge is 0.243 e. The summed E-state index contributed by atoms with van der Waals surface area (Å²) in [6.45, 7) is 4.79. The van der Waals surface area contributed by atoms with Crippen LogP contribution in [0, 0.1) is 12.3 Å². The summed E-state index contributed by atoms with van der Waals surface area (Å²) in [6, 6.07) is 10.6. The van der Waals surface area contributed by atoms with Crippen molar-refractivity contribution in [2.75, 3.05) is 13.1 Å². The molecule has 0 spiro atoms. The molecule has 0 amide bonds. The van der Waals surface area contributed by atoms with Crippen molar-refractivity contribution in [3.05, 3.63) is 52.2 Å². The van der Waals surface area contributed by atoms with Gasteiger partial charge in [0.05, 0.1) is 9.77 Å². The molecule has 0 aliphatic carbocycles. The lowest BCUT2D eigenvalue weighted by Gasteiger charge is -2.23. The summed E-state index contributed by atoms with van der Waals surface area (Å²) in [5.74, 6) is 0.0992. The molecule has 0 bridgehead atoms. The lowest BCUT2D eigenvalue weighted by molar-refractivity contribution is 0.0932. The minimum atomic E-state index is -3.49. The number of sulfonamides is 1. The van der Waals surface area contributed by atoms with Crippen LogP contribution in [0.4, 0.5) is 0 Å². The zero-order valence-corrected chi connectivity index (χ0v) is 15.5. The van der Waals surface area contributed by atoms with Gasteiger partial charge >= 0.3 is 0 Å². The third kappa shape index (κ3) is 3.45. The SMILES string of the molecule is Cc1ccc(S(=O)(=O)N2CCC(C)(CC(=O)c3cccs3)C2)cc1. The highest BCUT2D eigenvalue weighted by Crippen LogP contribution is 2.37. The van der Waals surface area contributed by atoms with Crippen molar-refractivity contribution in [2.45, 2.75) is 31.6 Å². The molecular weight excluding hydrogens is 342 g/mol. The van der Waals surface area contributed by atoms with Crippen molar-refractivity contribution in [3.8, 4) is 0 Å². The largest absolute Gasteiger partial charge is 0.293 e. The van der Waals surface area contributed by atoms with E-state index in [9.17, 15) is 13.2 Å². The molecule has 24 heavy (non-hydrogen) atoms. The molecule has 2 heterocycles. The standard InChI is InChI=1S/C18H21NO3S2/c1-14-5-7-15(8-6-14)24(21,22)19-10-9-18(2,13-19)12-16(20)17-4-3-11-23-17/h3-8,11H,9-10,12-13H2,1-2H3. The molecule has 3 rings (SSSR count). The van der Waals surface area contributed by atoms with Crippen LogP contribution in [0.5, 0.6) is 0 Å². The van der Waals surface area contributed by atoms with Crippen molar-refractivity contribution < 1.29 is 13.2 Å². The van der Waals surface area contributed by atoms with Crippen LogP contribution in [-0.2, 0) is 10.0 Å². The van der Waals surface area contributed by atoms with E-state index >= 15 is 0 Å². The number of ketones is 1. The number of thiophene rings is 1. The zero-order chi connectivity index (χ0) is 17.4. The van der Waals surface area contributed by atoms with E-state index in [0.717, 1.165) is 10.4 Å². The van der Waals surface area contributed by atoms with Gasteiger partial charge in [-0.2, -0.15) is 4.31 Å². The lowest BCUT2D eigenvalue weighted by Crippen LogP contribution is -2.32. The van der Waals surface area contributed by atoms with E-state index in [2.05, 4.69) is 0 Å². The van der Waals surface area contributed by atoms with Crippen molar-refractivity contribution in [1.29, 1.82) is 0 Å². The lowest BCUT2D eigenvalue weighted by atomic mass is 9.84. The molecule has 1 atom stereocenters. The molecule has 6 heteroatoms. The Kier molecular flexibility index (Phi) is 4.64. The summed E-state index contributed by atoms with van der Waals surface area (Å²) in [6.07, 6.45) is 1.09. The highest BCUT2D eigenvalue weighted by molar-refractivity contribution is 7.89. The average Bonchev–Trinajstić information content (AvgIpc) is 3.18. The van der Waals surface area contributed by atoms with Crippen LogP contribution >= 0.6 is 11.3 Å². The molecule has 128 valence electrons. The zero-order valence-electron chi connectivity index (χ0n) is 13.9. The molecule has 1 aromatic heterocycles. The van der Waals surface area contributed by atoms with Gasteiger partial charge in [0.25, 0.3) is 0 Å². The predicted molar refractivity (Wildman–Crippen MR) is 95.9 cm³/mol. The maximum atomic E-state index is 12.8. The molecule has 1 fully saturated rings. The summed E-state index contributed by atoms with van der Waals surface area (Å²) < 4.78 is 27.1. The van der Waals surface area contributed by atoms with Crippen LogP contribution in [-0.4, -0.2) is 31.6 Å². The Labute approximate surface area is 147 Å². The number of carbonyl (C=O) groups is 1. The minimum absolute atomic E-state index is 0.0992. The first-order chi connectivity index (χ1) is 11.3. The fraction of sp³-hybridized carbons (Fsp3) is 0.389. The number of hydrogen-bond acceptors (Lipinski definition) is 4. The second kappa shape index (κ2) is 6.43. The Hall–Kier alpha value is -1.50. The Morgan fingerprint density at radius 1 is 1.25 bits per heavy atom. The van der Waals surface area contributed by atoms with Gasteiger partial charge in [0, 0.05) is 19.5 Å². The van der Waals surface area contributed by atoms with Gasteiger partial charge < -0.3 is 0 Å². The van der Waals surface area contributed by atoms with Crippen molar-refractivity contribution in [3.63, 3.8) is 0 Å². The first kappa shape index (κ1) is 17.3. The quantitative estimate of drug-likeness (QED) is 0.761. The van der Waals surface area contributed by atoms with Crippen molar-refractivity contribution in [2.24, 2.45) is 5.41 Å². The van der Waals surface area contributed by atoms with Crippen LogP contribution in [0.25, 0.3) is 0 Å². The van der Waals surface area contributed by atoms with Gasteiger partial charge in [-0.25, -0.2) is 8.42 Å². The average molecular weight is 364 g/mol. The topological polar surface area (TPSA) is 54.5 Å². The van der Waals surface area contributed by atoms with Crippen molar-refractivity contribution >= 4 is 27.1 Å². The Morgan fingerprint density at radius 2 is 1.96 bits per heavy atom. The second-order valence-corrected chi connectivity index (χ2v) is 9.68. The van der Waals surface area contributed by atoms with Gasteiger partial charge in [0.1, 0.15) is 0 Å². The van der Waals surface area contributed by atoms with E-state index in [0.29, 0.717) is 30.8 Å². The van der Waals surface area contributed by atoms with Gasteiger partial charge in [0.15, 0.2) is 5.78 Å². The first-order valence-corrected chi connectivity index (χ1v) is 10.3. The molecule has 1 saturated heterocycles. The molecule has 1 aliphatic heterocycles. The Bertz CT molecular complexity index is 826. The van der Waals surface area contributed by atoms with E-state index < -0.39 is 10.0 Å². The number of rotatable bonds is 5. The van der Waals surface area contributed by atoms with Crippen LogP contribution in [0.3, 0.4) is 0 Å². The molecule has 0 saturated carbocycles. The van der Waals surface area contributed by atoms with E-state index in [4.69, 9.17) is 0 Å². The predicted octanol–water partition coefficient (Wildman–Crippen LogP) is 3.73. The summed E-state index contributed by atoms with van der Waals surface area (Å²) in [4.78, 5) is 13.4. The number of benzene rings is 1. The minimum Gasteiger partial charge on any atom is -0.293 e. The fourth-order valence-electron chi connectivity index (χ4n) is 3.10. The molecule has 1 aromatic carbocycles. The second-order valence-electron chi connectivity index (χ2n) is 6.79. The van der Waals surface area contributed by atoms with Gasteiger partial charge in [-0.15, -0.1) is 11.3 Å². The van der Waals surface area contributed by atoms with Gasteiger partial charge in [-0.1, -0.05) is 30.7 Å². The number of Topliss-reactive ketones (excluding diaryl/α,β-unsaturated/α-hetero) is 1. The molecular formula is C18H21NO3S2. The molecule has 1 unspecified atom stereocenters. The van der Waals surface area contributed by atoms with E-state index in [1.807, 2.05) is 43.5 Å². The first-order valence-electron chi connectivity index (χ1n) is 7.94. The Balaban J connectivity index is 1.74. The third-order valence-electron chi connectivity index (χ3n) is 4.56. The monoisotopic (exact) mass is 363 g/mol. The number of carbonyl (C=O) groups excluding carboxylic acids is 1. The van der Waals surface area contributed by atoms with E-state index in [1.54, 1.807) is 12.1 Å². The third-order valence-corrected chi connectivity index (χ3v) is 7.34. The molecule has 4 nitrogen and oxygen atoms in total. The molecule has 1 aliphatic rings. The van der Waals surface area contributed by atoms with Gasteiger partial charge in [-0.3, -0.25) is 4.79 Å². The summed E-state index contributed by atoms with van der Waals surface area (Å²) in [5.41, 5.74) is 0.723. The Morgan fingerprint density at radius 3 is 2.58 bits per heavy atom. The van der Waals surface area contributed by atoms with Crippen molar-refractivity contribution in [1.82, 2.24) is 4.31 Å². The highest BCUT2D eigenvalue weighted by atomic mass is 32.2. The number of nitrogens with zero attached hydrogens (tertiary/aromatic N) is 1. The molecule has 0 N–H and O–H groups in total. The fourth-order valence-corrected chi connectivity index (χ4v) is 5.36. The summed E-state index contributed by atoms with van der Waals surface area (Å²) in [5, 5.41) is 1.89.